The zero-order valence-electron chi connectivity index (χ0n) is 13.3. The van der Waals surface area contributed by atoms with Gasteiger partial charge in [0, 0.05) is 17.8 Å². The van der Waals surface area contributed by atoms with Crippen LogP contribution in [0.15, 0.2) is 61.2 Å². The molecule has 0 aliphatic carbocycles. The summed E-state index contributed by atoms with van der Waals surface area (Å²) in [6.45, 7) is 0.658. The van der Waals surface area contributed by atoms with Gasteiger partial charge in [0.05, 0.1) is 12.1 Å². The molecule has 0 atom stereocenters. The predicted octanol–water partition coefficient (Wildman–Crippen LogP) is 2.55. The summed E-state index contributed by atoms with van der Waals surface area (Å²) in [5.41, 5.74) is 1.86. The van der Waals surface area contributed by atoms with E-state index >= 15 is 0 Å². The van der Waals surface area contributed by atoms with Crippen molar-refractivity contribution in [2.75, 3.05) is 18.5 Å². The van der Waals surface area contributed by atoms with E-state index in [4.69, 9.17) is 4.74 Å². The maximum Gasteiger partial charge on any atom is 0.358 e. The minimum absolute atomic E-state index is 0.213. The third kappa shape index (κ3) is 3.12. The van der Waals surface area contributed by atoms with Gasteiger partial charge in [-0.2, -0.15) is 0 Å². The van der Waals surface area contributed by atoms with E-state index in [-0.39, 0.29) is 6.61 Å². The second kappa shape index (κ2) is 6.56. The van der Waals surface area contributed by atoms with Crippen LogP contribution in [-0.4, -0.2) is 38.5 Å². The SMILES string of the molecule is O=C(OCCNc1ncnc2ccccc12)c1cn2ccccc2n1. The van der Waals surface area contributed by atoms with Crippen LogP contribution in [0.25, 0.3) is 16.6 Å². The van der Waals surface area contributed by atoms with Crippen LogP contribution in [0, 0.1) is 0 Å². The molecule has 0 bridgehead atoms. The Labute approximate surface area is 143 Å². The summed E-state index contributed by atoms with van der Waals surface area (Å²) in [5, 5.41) is 4.09. The van der Waals surface area contributed by atoms with Crippen LogP contribution in [0.4, 0.5) is 5.82 Å². The first kappa shape index (κ1) is 15.1. The second-order valence-corrected chi connectivity index (χ2v) is 5.39. The van der Waals surface area contributed by atoms with E-state index in [1.807, 2.05) is 48.7 Å². The number of fused-ring (bicyclic) bond motifs is 2. The summed E-state index contributed by atoms with van der Waals surface area (Å²) in [6.07, 6.45) is 5.00. The molecule has 7 nitrogen and oxygen atoms in total. The zero-order chi connectivity index (χ0) is 17.1. The quantitative estimate of drug-likeness (QED) is 0.446. The Morgan fingerprint density at radius 3 is 2.92 bits per heavy atom. The number of hydrogen-bond acceptors (Lipinski definition) is 6. The summed E-state index contributed by atoms with van der Waals surface area (Å²) in [5.74, 6) is 0.271. The maximum atomic E-state index is 12.1. The lowest BCUT2D eigenvalue weighted by molar-refractivity contribution is 0.0514. The van der Waals surface area contributed by atoms with Crippen molar-refractivity contribution in [2.45, 2.75) is 0 Å². The molecule has 0 aliphatic rings. The van der Waals surface area contributed by atoms with E-state index in [1.165, 1.54) is 6.33 Å². The molecule has 1 aromatic carbocycles. The van der Waals surface area contributed by atoms with Crippen molar-refractivity contribution in [3.8, 4) is 0 Å². The highest BCUT2D eigenvalue weighted by Crippen LogP contribution is 2.17. The fraction of sp³-hybridized carbons (Fsp3) is 0.111. The number of esters is 1. The highest BCUT2D eigenvalue weighted by molar-refractivity contribution is 5.89. The normalized spacial score (nSPS) is 10.9. The number of aromatic nitrogens is 4. The van der Waals surface area contributed by atoms with E-state index < -0.39 is 5.97 Å². The fourth-order valence-corrected chi connectivity index (χ4v) is 2.57. The van der Waals surface area contributed by atoms with Crippen LogP contribution < -0.4 is 5.32 Å². The first-order valence-corrected chi connectivity index (χ1v) is 7.86. The second-order valence-electron chi connectivity index (χ2n) is 5.39. The number of hydrogen-bond donors (Lipinski definition) is 1. The van der Waals surface area contributed by atoms with Gasteiger partial charge >= 0.3 is 5.97 Å². The summed E-state index contributed by atoms with van der Waals surface area (Å²) in [4.78, 5) is 24.8. The molecule has 0 saturated carbocycles. The van der Waals surface area contributed by atoms with Gasteiger partial charge in [0.1, 0.15) is 24.4 Å². The molecule has 0 spiro atoms. The van der Waals surface area contributed by atoms with Crippen LogP contribution in [0.3, 0.4) is 0 Å². The van der Waals surface area contributed by atoms with Crippen molar-refractivity contribution in [3.05, 3.63) is 66.9 Å². The molecule has 0 amide bonds. The average molecular weight is 333 g/mol. The van der Waals surface area contributed by atoms with E-state index in [0.717, 1.165) is 16.7 Å². The summed E-state index contributed by atoms with van der Waals surface area (Å²) in [6, 6.07) is 13.3. The largest absolute Gasteiger partial charge is 0.459 e. The van der Waals surface area contributed by atoms with Gasteiger partial charge in [0.15, 0.2) is 5.69 Å². The molecule has 7 heteroatoms. The molecule has 3 heterocycles. The third-order valence-electron chi connectivity index (χ3n) is 3.74. The Hall–Kier alpha value is -3.48. The van der Waals surface area contributed by atoms with Crippen LogP contribution in [-0.2, 0) is 4.74 Å². The molecule has 3 aromatic heterocycles. The molecule has 1 N–H and O–H groups in total. The van der Waals surface area contributed by atoms with Gasteiger partial charge in [-0.3, -0.25) is 0 Å². The van der Waals surface area contributed by atoms with Gasteiger partial charge in [-0.05, 0) is 24.3 Å². The number of imidazole rings is 1. The number of rotatable bonds is 5. The van der Waals surface area contributed by atoms with Crippen molar-refractivity contribution in [1.29, 1.82) is 0 Å². The molecule has 4 rings (SSSR count). The van der Waals surface area contributed by atoms with Crippen LogP contribution in [0.2, 0.25) is 0 Å². The highest BCUT2D eigenvalue weighted by Gasteiger charge is 2.11. The minimum atomic E-state index is -0.446. The summed E-state index contributed by atoms with van der Waals surface area (Å²) in [7, 11) is 0. The van der Waals surface area contributed by atoms with Crippen molar-refractivity contribution in [1.82, 2.24) is 19.4 Å². The van der Waals surface area contributed by atoms with E-state index in [9.17, 15) is 4.79 Å². The van der Waals surface area contributed by atoms with Gasteiger partial charge < -0.3 is 14.5 Å². The monoisotopic (exact) mass is 333 g/mol. The van der Waals surface area contributed by atoms with Crippen LogP contribution >= 0.6 is 0 Å². The number of anilines is 1. The van der Waals surface area contributed by atoms with Gasteiger partial charge in [0.25, 0.3) is 0 Å². The molecule has 0 radical (unpaired) electrons. The molecule has 4 aromatic rings. The number of nitrogens with zero attached hydrogens (tertiary/aromatic N) is 4. The topological polar surface area (TPSA) is 81.4 Å². The first-order chi connectivity index (χ1) is 12.3. The Morgan fingerprint density at radius 1 is 1.12 bits per heavy atom. The number of para-hydroxylation sites is 1. The number of ether oxygens (including phenoxy) is 1. The van der Waals surface area contributed by atoms with Gasteiger partial charge in [0.2, 0.25) is 0 Å². The van der Waals surface area contributed by atoms with Gasteiger partial charge in [-0.1, -0.05) is 18.2 Å². The van der Waals surface area contributed by atoms with Gasteiger partial charge in [-0.15, -0.1) is 0 Å². The molecule has 0 unspecified atom stereocenters. The molecule has 0 saturated heterocycles. The molecule has 25 heavy (non-hydrogen) atoms. The highest BCUT2D eigenvalue weighted by atomic mass is 16.5. The van der Waals surface area contributed by atoms with Crippen LogP contribution in [0.1, 0.15) is 10.5 Å². The number of pyridine rings is 1. The maximum absolute atomic E-state index is 12.1. The first-order valence-electron chi connectivity index (χ1n) is 7.86. The number of carbonyl (C=O) groups is 1. The van der Waals surface area contributed by atoms with Crippen molar-refractivity contribution in [2.24, 2.45) is 0 Å². The molecular weight excluding hydrogens is 318 g/mol. The van der Waals surface area contributed by atoms with Crippen LogP contribution in [0.5, 0.6) is 0 Å². The molecule has 124 valence electrons. The standard InChI is InChI=1S/C18H15N5O2/c24-18(15-11-23-9-4-3-7-16(23)22-15)25-10-8-19-17-13-5-1-2-6-14(13)20-12-21-17/h1-7,9,11-12H,8,10H2,(H,19,20,21). The molecular formula is C18H15N5O2. The Kier molecular flexibility index (Phi) is 3.96. The van der Waals surface area contributed by atoms with E-state index in [1.54, 1.807) is 10.6 Å². The predicted molar refractivity (Wildman–Crippen MR) is 93.5 cm³/mol. The Balaban J connectivity index is 1.36. The lowest BCUT2D eigenvalue weighted by Crippen LogP contribution is -2.15. The summed E-state index contributed by atoms with van der Waals surface area (Å²) >= 11 is 0. The van der Waals surface area contributed by atoms with Crippen molar-refractivity contribution >= 4 is 28.3 Å². The number of benzene rings is 1. The average Bonchev–Trinajstić information content (AvgIpc) is 3.09. The number of carbonyl (C=O) groups excluding carboxylic acids is 1. The number of nitrogens with one attached hydrogen (secondary N) is 1. The van der Waals surface area contributed by atoms with Gasteiger partial charge in [-0.25, -0.2) is 19.7 Å². The minimum Gasteiger partial charge on any atom is -0.459 e. The van der Waals surface area contributed by atoms with E-state index in [0.29, 0.717) is 17.9 Å². The summed E-state index contributed by atoms with van der Waals surface area (Å²) < 4.78 is 7.05. The lowest BCUT2D eigenvalue weighted by Gasteiger charge is -2.08. The Morgan fingerprint density at radius 2 is 2.00 bits per heavy atom. The lowest BCUT2D eigenvalue weighted by atomic mass is 10.2. The molecule has 0 aliphatic heterocycles. The fourth-order valence-electron chi connectivity index (χ4n) is 2.57. The van der Waals surface area contributed by atoms with Crippen molar-refractivity contribution in [3.63, 3.8) is 0 Å². The zero-order valence-corrected chi connectivity index (χ0v) is 13.3. The smallest absolute Gasteiger partial charge is 0.358 e. The van der Waals surface area contributed by atoms with E-state index in [2.05, 4.69) is 20.3 Å². The van der Waals surface area contributed by atoms with Crippen molar-refractivity contribution < 1.29 is 9.53 Å². The third-order valence-corrected chi connectivity index (χ3v) is 3.74. The molecule has 0 fully saturated rings. The Bertz CT molecular complexity index is 1010.